The van der Waals surface area contributed by atoms with Gasteiger partial charge in [0.2, 0.25) is 0 Å². The summed E-state index contributed by atoms with van der Waals surface area (Å²) in [5.41, 5.74) is 6.53. The fraction of sp³-hybridized carbons (Fsp3) is 0.353. The van der Waals surface area contributed by atoms with Gasteiger partial charge < -0.3 is 10.5 Å². The Morgan fingerprint density at radius 3 is 2.65 bits per heavy atom. The van der Waals surface area contributed by atoms with Gasteiger partial charge in [-0.2, -0.15) is 5.26 Å². The van der Waals surface area contributed by atoms with Crippen LogP contribution >= 0.6 is 0 Å². The topological polar surface area (TPSA) is 59.0 Å². The first-order valence-corrected chi connectivity index (χ1v) is 6.82. The number of rotatable bonds is 5. The molecule has 0 aliphatic heterocycles. The molecular weight excluding hydrogens is 248 g/mol. The van der Waals surface area contributed by atoms with Crippen LogP contribution in [0.2, 0.25) is 0 Å². The van der Waals surface area contributed by atoms with E-state index in [0.29, 0.717) is 19.6 Å². The molecule has 0 fully saturated rings. The van der Waals surface area contributed by atoms with Crippen molar-refractivity contribution in [1.82, 2.24) is 0 Å². The Morgan fingerprint density at radius 2 is 1.95 bits per heavy atom. The van der Waals surface area contributed by atoms with Gasteiger partial charge in [0.15, 0.2) is 0 Å². The highest BCUT2D eigenvalue weighted by Crippen LogP contribution is 2.28. The number of nitrogens with two attached hydrogens (primary N) is 1. The summed E-state index contributed by atoms with van der Waals surface area (Å²) in [6, 6.07) is 14.4. The van der Waals surface area contributed by atoms with Crippen LogP contribution in [0.4, 0.5) is 0 Å². The van der Waals surface area contributed by atoms with E-state index in [1.54, 1.807) is 0 Å². The lowest BCUT2D eigenvalue weighted by atomic mass is 9.92. The van der Waals surface area contributed by atoms with Crippen LogP contribution in [-0.2, 0) is 6.54 Å². The highest BCUT2D eigenvalue weighted by Gasteiger charge is 2.17. The molecule has 0 saturated heterocycles. The van der Waals surface area contributed by atoms with Crippen molar-refractivity contribution in [2.24, 2.45) is 11.1 Å². The maximum atomic E-state index is 9.01. The number of hydrogen-bond donors (Lipinski definition) is 1. The van der Waals surface area contributed by atoms with Crippen LogP contribution < -0.4 is 10.5 Å². The van der Waals surface area contributed by atoms with Crippen molar-refractivity contribution < 1.29 is 4.74 Å². The molecule has 0 radical (unpaired) electrons. The van der Waals surface area contributed by atoms with E-state index in [1.807, 2.05) is 38.1 Å². The van der Waals surface area contributed by atoms with E-state index in [0.717, 1.165) is 22.1 Å². The van der Waals surface area contributed by atoms with E-state index in [1.165, 1.54) is 0 Å². The highest BCUT2D eigenvalue weighted by molar-refractivity contribution is 5.87. The number of fused-ring (bicyclic) bond motifs is 1. The molecule has 0 atom stereocenters. The summed E-state index contributed by atoms with van der Waals surface area (Å²) in [6.45, 7) is 4.80. The maximum absolute atomic E-state index is 9.01. The van der Waals surface area contributed by atoms with Crippen LogP contribution in [0.3, 0.4) is 0 Å². The highest BCUT2D eigenvalue weighted by atomic mass is 16.5. The lowest BCUT2D eigenvalue weighted by Crippen LogP contribution is -2.14. The molecule has 2 N–H and O–H groups in total. The van der Waals surface area contributed by atoms with Crippen molar-refractivity contribution in [3.8, 4) is 11.8 Å². The zero-order chi connectivity index (χ0) is 14.6. The summed E-state index contributed by atoms with van der Waals surface area (Å²) in [6.07, 6.45) is 0.695. The molecule has 3 nitrogen and oxygen atoms in total. The van der Waals surface area contributed by atoms with E-state index in [4.69, 9.17) is 15.7 Å². The molecular formula is C17H20N2O. The summed E-state index contributed by atoms with van der Waals surface area (Å²) < 4.78 is 5.84. The third-order valence-electron chi connectivity index (χ3n) is 3.49. The SMILES string of the molecule is CC(C)(C#N)CCOc1ccc2ccccc2c1CN. The van der Waals surface area contributed by atoms with E-state index in [2.05, 4.69) is 18.2 Å². The number of ether oxygens (including phenoxy) is 1. The van der Waals surface area contributed by atoms with Gasteiger partial charge >= 0.3 is 0 Å². The second-order valence-corrected chi connectivity index (χ2v) is 5.56. The van der Waals surface area contributed by atoms with Crippen LogP contribution in [0.25, 0.3) is 10.8 Å². The van der Waals surface area contributed by atoms with Crippen LogP contribution in [-0.4, -0.2) is 6.61 Å². The summed E-state index contributed by atoms with van der Waals surface area (Å²) in [5, 5.41) is 11.3. The van der Waals surface area contributed by atoms with Gasteiger partial charge in [0.1, 0.15) is 5.75 Å². The minimum Gasteiger partial charge on any atom is -0.493 e. The lowest BCUT2D eigenvalue weighted by molar-refractivity contribution is 0.263. The lowest BCUT2D eigenvalue weighted by Gasteiger charge is -2.17. The van der Waals surface area contributed by atoms with E-state index < -0.39 is 0 Å². The Balaban J connectivity index is 2.20. The molecule has 0 heterocycles. The molecule has 0 spiro atoms. The minimum absolute atomic E-state index is 0.361. The van der Waals surface area contributed by atoms with Crippen LogP contribution in [0.5, 0.6) is 5.75 Å². The standard InChI is InChI=1S/C17H20N2O/c1-17(2,12-19)9-10-20-16-8-7-13-5-3-4-6-14(13)15(16)11-18/h3-8H,9-11,18H2,1-2H3. The Hall–Kier alpha value is -2.05. The first-order valence-electron chi connectivity index (χ1n) is 6.82. The normalized spacial score (nSPS) is 11.3. The quantitative estimate of drug-likeness (QED) is 0.901. The smallest absolute Gasteiger partial charge is 0.124 e. The fourth-order valence-corrected chi connectivity index (χ4v) is 2.13. The number of nitriles is 1. The summed E-state index contributed by atoms with van der Waals surface area (Å²) in [5.74, 6) is 0.819. The molecule has 2 rings (SSSR count). The van der Waals surface area contributed by atoms with Crippen molar-refractivity contribution in [2.45, 2.75) is 26.8 Å². The van der Waals surface area contributed by atoms with Crippen molar-refractivity contribution in [2.75, 3.05) is 6.61 Å². The van der Waals surface area contributed by atoms with Gasteiger partial charge in [-0.15, -0.1) is 0 Å². The largest absolute Gasteiger partial charge is 0.493 e. The monoisotopic (exact) mass is 268 g/mol. The zero-order valence-corrected chi connectivity index (χ0v) is 12.0. The van der Waals surface area contributed by atoms with E-state index >= 15 is 0 Å². The van der Waals surface area contributed by atoms with Crippen molar-refractivity contribution in [1.29, 1.82) is 5.26 Å². The van der Waals surface area contributed by atoms with Gasteiger partial charge in [-0.3, -0.25) is 0 Å². The van der Waals surface area contributed by atoms with Crippen molar-refractivity contribution in [3.63, 3.8) is 0 Å². The average molecular weight is 268 g/mol. The molecule has 0 amide bonds. The maximum Gasteiger partial charge on any atom is 0.124 e. The minimum atomic E-state index is -0.361. The number of hydrogen-bond acceptors (Lipinski definition) is 3. The van der Waals surface area contributed by atoms with Gasteiger partial charge in [-0.25, -0.2) is 0 Å². The van der Waals surface area contributed by atoms with E-state index in [-0.39, 0.29) is 5.41 Å². The Morgan fingerprint density at radius 1 is 1.20 bits per heavy atom. The average Bonchev–Trinajstić information content (AvgIpc) is 2.46. The van der Waals surface area contributed by atoms with Gasteiger partial charge in [-0.1, -0.05) is 30.3 Å². The summed E-state index contributed by atoms with van der Waals surface area (Å²) in [4.78, 5) is 0. The third-order valence-corrected chi connectivity index (χ3v) is 3.49. The zero-order valence-electron chi connectivity index (χ0n) is 12.0. The first-order chi connectivity index (χ1) is 9.57. The predicted octanol–water partition coefficient (Wildman–Crippen LogP) is 3.62. The molecule has 0 aromatic heterocycles. The molecule has 3 heteroatoms. The molecule has 2 aromatic rings. The van der Waals surface area contributed by atoms with E-state index in [9.17, 15) is 0 Å². The molecule has 0 bridgehead atoms. The molecule has 0 saturated carbocycles. The fourth-order valence-electron chi connectivity index (χ4n) is 2.13. The number of nitrogens with zero attached hydrogens (tertiary/aromatic N) is 1. The van der Waals surface area contributed by atoms with Crippen molar-refractivity contribution in [3.05, 3.63) is 42.0 Å². The first kappa shape index (κ1) is 14.4. The number of benzene rings is 2. The van der Waals surface area contributed by atoms with Crippen LogP contribution in [0, 0.1) is 16.7 Å². The molecule has 0 aliphatic rings. The van der Waals surface area contributed by atoms with Gasteiger partial charge in [0.25, 0.3) is 0 Å². The second-order valence-electron chi connectivity index (χ2n) is 5.56. The summed E-state index contributed by atoms with van der Waals surface area (Å²) >= 11 is 0. The molecule has 0 aliphatic carbocycles. The summed E-state index contributed by atoms with van der Waals surface area (Å²) in [7, 11) is 0. The van der Waals surface area contributed by atoms with Crippen LogP contribution in [0.15, 0.2) is 36.4 Å². The van der Waals surface area contributed by atoms with Gasteiger partial charge in [-0.05, 0) is 37.1 Å². The van der Waals surface area contributed by atoms with Crippen LogP contribution in [0.1, 0.15) is 25.8 Å². The van der Waals surface area contributed by atoms with Crippen molar-refractivity contribution >= 4 is 10.8 Å². The van der Waals surface area contributed by atoms with Gasteiger partial charge in [0, 0.05) is 12.1 Å². The molecule has 0 unspecified atom stereocenters. The second kappa shape index (κ2) is 5.94. The Bertz CT molecular complexity index is 641. The van der Waals surface area contributed by atoms with Gasteiger partial charge in [0.05, 0.1) is 18.1 Å². The Kier molecular flexibility index (Phi) is 4.26. The predicted molar refractivity (Wildman–Crippen MR) is 81.3 cm³/mol. The Labute approximate surface area is 120 Å². The third kappa shape index (κ3) is 3.09. The molecule has 2 aromatic carbocycles. The molecule has 20 heavy (non-hydrogen) atoms. The molecule has 104 valence electrons.